The van der Waals surface area contributed by atoms with E-state index in [1.807, 2.05) is 5.32 Å². The second kappa shape index (κ2) is 4.77. The summed E-state index contributed by atoms with van der Waals surface area (Å²) in [4.78, 5) is 32.7. The molecule has 0 aliphatic rings. The molecule has 98 valence electrons. The van der Waals surface area contributed by atoms with E-state index in [9.17, 15) is 23.2 Å². The van der Waals surface area contributed by atoms with Crippen molar-refractivity contribution in [3.05, 3.63) is 0 Å². The number of rotatable bonds is 4. The van der Waals surface area contributed by atoms with Crippen LogP contribution in [0.4, 0.5) is 8.78 Å². The van der Waals surface area contributed by atoms with Crippen molar-refractivity contribution in [1.29, 1.82) is 0 Å². The molecule has 0 aliphatic heterocycles. The summed E-state index contributed by atoms with van der Waals surface area (Å²) in [6, 6.07) is -1.56. The molecule has 0 fully saturated rings. The van der Waals surface area contributed by atoms with Crippen LogP contribution in [0.2, 0.25) is 0 Å². The number of Topliss-reactive ketones (excluding diaryl/α,β-unsaturated/α-hetero) is 1. The molecule has 0 aromatic carbocycles. The zero-order valence-electron chi connectivity index (χ0n) is 10.0. The lowest BCUT2D eigenvalue weighted by Gasteiger charge is -2.22. The molecular formula is C10H15F2NO4. The van der Waals surface area contributed by atoms with Crippen LogP contribution in [0, 0.1) is 5.41 Å². The summed E-state index contributed by atoms with van der Waals surface area (Å²) >= 11 is 0. The van der Waals surface area contributed by atoms with Gasteiger partial charge in [-0.25, -0.2) is 4.79 Å². The number of ketones is 1. The molecule has 1 amide bonds. The summed E-state index contributed by atoms with van der Waals surface area (Å²) in [5, 5.41) is 10.2. The maximum atomic E-state index is 12.8. The Hall–Kier alpha value is -1.53. The van der Waals surface area contributed by atoms with E-state index in [4.69, 9.17) is 5.11 Å². The average Bonchev–Trinajstić information content (AvgIpc) is 2.14. The molecule has 0 spiro atoms. The number of carboxylic acids is 1. The first-order valence-electron chi connectivity index (χ1n) is 4.87. The van der Waals surface area contributed by atoms with Gasteiger partial charge in [0.2, 0.25) is 11.7 Å². The second-order valence-electron chi connectivity index (χ2n) is 4.69. The molecule has 7 heteroatoms. The third-order valence-electron chi connectivity index (χ3n) is 2.00. The van der Waals surface area contributed by atoms with Gasteiger partial charge in [-0.15, -0.1) is 0 Å². The van der Waals surface area contributed by atoms with Gasteiger partial charge in [-0.3, -0.25) is 9.59 Å². The van der Waals surface area contributed by atoms with Gasteiger partial charge in [0.05, 0.1) is 6.04 Å². The first-order chi connectivity index (χ1) is 7.40. The largest absolute Gasteiger partial charge is 0.476 e. The molecule has 0 bridgehead atoms. The van der Waals surface area contributed by atoms with Crippen molar-refractivity contribution in [3.8, 4) is 0 Å². The van der Waals surface area contributed by atoms with E-state index in [-0.39, 0.29) is 0 Å². The average molecular weight is 251 g/mol. The third-order valence-corrected chi connectivity index (χ3v) is 2.00. The Bertz CT molecular complexity index is 347. The number of carbonyl (C=O) groups excluding carboxylic acids is 2. The number of nitrogens with one attached hydrogen (secondary N) is 1. The molecule has 5 nitrogen and oxygen atoms in total. The fraction of sp³-hybridized carbons (Fsp3) is 0.700. The summed E-state index contributed by atoms with van der Waals surface area (Å²) in [7, 11) is 0. The first-order valence-corrected chi connectivity index (χ1v) is 4.87. The van der Waals surface area contributed by atoms with Crippen LogP contribution < -0.4 is 5.32 Å². The zero-order chi connectivity index (χ0) is 14.0. The maximum absolute atomic E-state index is 12.8. The molecule has 17 heavy (non-hydrogen) atoms. The van der Waals surface area contributed by atoms with Crippen LogP contribution in [-0.4, -0.2) is 34.7 Å². The number of carboxylic acid groups (broad SMARTS) is 1. The Morgan fingerprint density at radius 2 is 1.59 bits per heavy atom. The third kappa shape index (κ3) is 3.76. The number of carbonyl (C=O) groups is 3. The van der Waals surface area contributed by atoms with Gasteiger partial charge in [0, 0.05) is 5.41 Å². The van der Waals surface area contributed by atoms with Crippen LogP contribution in [0.3, 0.4) is 0 Å². The number of alkyl halides is 2. The van der Waals surface area contributed by atoms with E-state index in [0.717, 1.165) is 6.92 Å². The standard InChI is InChI=1S/C10H15F2NO4/c1-5(13-7(15)9(2,3)4)6(14)10(11,12)8(16)17/h5H,1-4H3,(H,13,15)(H,16,17). The summed E-state index contributed by atoms with van der Waals surface area (Å²) in [5.74, 6) is -9.48. The van der Waals surface area contributed by atoms with Gasteiger partial charge in [0.25, 0.3) is 0 Å². The molecule has 0 heterocycles. The Labute approximate surface area is 97.2 Å². The summed E-state index contributed by atoms with van der Waals surface area (Å²) in [6.07, 6.45) is 0. The number of hydrogen-bond donors (Lipinski definition) is 2. The number of hydrogen-bond acceptors (Lipinski definition) is 3. The highest BCUT2D eigenvalue weighted by molar-refractivity contribution is 6.07. The molecule has 0 saturated carbocycles. The SMILES string of the molecule is CC(NC(=O)C(C)(C)C)C(=O)C(F)(F)C(=O)O. The minimum Gasteiger partial charge on any atom is -0.476 e. The minimum absolute atomic E-state index is 0.612. The zero-order valence-corrected chi connectivity index (χ0v) is 10.0. The fourth-order valence-electron chi connectivity index (χ4n) is 0.856. The van der Waals surface area contributed by atoms with Crippen molar-refractivity contribution < 1.29 is 28.3 Å². The molecule has 1 unspecified atom stereocenters. The van der Waals surface area contributed by atoms with Crippen LogP contribution in [0.1, 0.15) is 27.7 Å². The van der Waals surface area contributed by atoms with Crippen LogP contribution in [-0.2, 0) is 14.4 Å². The minimum atomic E-state index is -4.50. The smallest absolute Gasteiger partial charge is 0.401 e. The lowest BCUT2D eigenvalue weighted by Crippen LogP contribution is -2.52. The van der Waals surface area contributed by atoms with Gasteiger partial charge in [0.1, 0.15) is 0 Å². The molecule has 0 rings (SSSR count). The van der Waals surface area contributed by atoms with E-state index < -0.39 is 35.0 Å². The van der Waals surface area contributed by atoms with Crippen LogP contribution >= 0.6 is 0 Å². The van der Waals surface area contributed by atoms with Gasteiger partial charge < -0.3 is 10.4 Å². The van der Waals surface area contributed by atoms with Crippen LogP contribution in [0.5, 0.6) is 0 Å². The summed E-state index contributed by atoms with van der Waals surface area (Å²) in [5.41, 5.74) is -0.854. The van der Waals surface area contributed by atoms with Crippen molar-refractivity contribution in [2.45, 2.75) is 39.7 Å². The van der Waals surface area contributed by atoms with E-state index in [2.05, 4.69) is 0 Å². The van der Waals surface area contributed by atoms with Crippen molar-refractivity contribution >= 4 is 17.7 Å². The normalized spacial score (nSPS) is 14.0. The van der Waals surface area contributed by atoms with Gasteiger partial charge in [-0.2, -0.15) is 8.78 Å². The Kier molecular flexibility index (Phi) is 4.34. The Balaban J connectivity index is 4.76. The predicted octanol–water partition coefficient (Wildman–Crippen LogP) is 0.826. The Morgan fingerprint density at radius 3 is 1.88 bits per heavy atom. The quantitative estimate of drug-likeness (QED) is 0.725. The Morgan fingerprint density at radius 1 is 1.18 bits per heavy atom. The van der Waals surface area contributed by atoms with Gasteiger partial charge >= 0.3 is 11.9 Å². The summed E-state index contributed by atoms with van der Waals surface area (Å²) < 4.78 is 25.7. The van der Waals surface area contributed by atoms with Gasteiger partial charge in [-0.1, -0.05) is 20.8 Å². The number of amides is 1. The first kappa shape index (κ1) is 15.5. The molecule has 0 aromatic heterocycles. The van der Waals surface area contributed by atoms with Crippen LogP contribution in [0.25, 0.3) is 0 Å². The van der Waals surface area contributed by atoms with E-state index >= 15 is 0 Å². The lowest BCUT2D eigenvalue weighted by molar-refractivity contribution is -0.172. The van der Waals surface area contributed by atoms with Crippen molar-refractivity contribution in [2.75, 3.05) is 0 Å². The van der Waals surface area contributed by atoms with Gasteiger partial charge in [-0.05, 0) is 6.92 Å². The van der Waals surface area contributed by atoms with Crippen molar-refractivity contribution in [1.82, 2.24) is 5.32 Å². The highest BCUT2D eigenvalue weighted by atomic mass is 19.3. The second-order valence-corrected chi connectivity index (χ2v) is 4.69. The fourth-order valence-corrected chi connectivity index (χ4v) is 0.856. The molecule has 0 saturated heterocycles. The topological polar surface area (TPSA) is 83.5 Å². The highest BCUT2D eigenvalue weighted by Crippen LogP contribution is 2.18. The molecular weight excluding hydrogens is 236 g/mol. The summed E-state index contributed by atoms with van der Waals surface area (Å²) in [6.45, 7) is 5.63. The van der Waals surface area contributed by atoms with E-state index in [1.165, 1.54) is 20.8 Å². The predicted molar refractivity (Wildman–Crippen MR) is 54.6 cm³/mol. The molecule has 2 N–H and O–H groups in total. The number of aliphatic carboxylic acids is 1. The van der Waals surface area contributed by atoms with E-state index in [1.54, 1.807) is 0 Å². The molecule has 0 aliphatic carbocycles. The maximum Gasteiger partial charge on any atom is 0.401 e. The monoisotopic (exact) mass is 251 g/mol. The molecule has 0 aromatic rings. The van der Waals surface area contributed by atoms with Crippen molar-refractivity contribution in [2.24, 2.45) is 5.41 Å². The van der Waals surface area contributed by atoms with Crippen LogP contribution in [0.15, 0.2) is 0 Å². The molecule has 0 radical (unpaired) electrons. The molecule has 1 atom stereocenters. The number of halogens is 2. The van der Waals surface area contributed by atoms with E-state index in [0.29, 0.717) is 0 Å². The van der Waals surface area contributed by atoms with Crippen molar-refractivity contribution in [3.63, 3.8) is 0 Å². The highest BCUT2D eigenvalue weighted by Gasteiger charge is 2.49. The lowest BCUT2D eigenvalue weighted by atomic mass is 9.94. The van der Waals surface area contributed by atoms with Gasteiger partial charge in [0.15, 0.2) is 0 Å².